The van der Waals surface area contributed by atoms with Crippen LogP contribution in [0.1, 0.15) is 24.0 Å². The number of halogens is 1. The molecular weight excluding hydrogens is 446 g/mol. The van der Waals surface area contributed by atoms with Crippen LogP contribution in [-0.4, -0.2) is 31.9 Å². The van der Waals surface area contributed by atoms with Crippen molar-refractivity contribution in [3.8, 4) is 0 Å². The lowest BCUT2D eigenvalue weighted by molar-refractivity contribution is 0.121. The quantitative estimate of drug-likeness (QED) is 0.622. The van der Waals surface area contributed by atoms with E-state index in [1.165, 1.54) is 0 Å². The van der Waals surface area contributed by atoms with E-state index in [1.807, 2.05) is 38.1 Å². The highest BCUT2D eigenvalue weighted by Crippen LogP contribution is 2.64. The molecule has 3 rings (SSSR count). The average Bonchev–Trinajstić information content (AvgIpc) is 3.32. The zero-order chi connectivity index (χ0) is 19.8. The lowest BCUT2D eigenvalue weighted by Gasteiger charge is -2.17. The molecule has 1 aliphatic carbocycles. The molecule has 3 atom stereocenters. The highest BCUT2D eigenvalue weighted by atomic mass is 79.9. The van der Waals surface area contributed by atoms with Gasteiger partial charge in [0.05, 0.1) is 27.2 Å². The van der Waals surface area contributed by atoms with Crippen LogP contribution >= 0.6 is 28.1 Å². The third kappa shape index (κ3) is 3.58. The number of aryl methyl sites for hydroxylation is 1. The van der Waals surface area contributed by atoms with Crippen molar-refractivity contribution in [2.45, 2.75) is 29.9 Å². The summed E-state index contributed by atoms with van der Waals surface area (Å²) in [7, 11) is -3.63. The lowest BCUT2D eigenvalue weighted by atomic mass is 10.00. The molecule has 4 nitrogen and oxygen atoms in total. The Hall–Kier alpha value is -1.28. The van der Waals surface area contributed by atoms with Crippen LogP contribution in [0.15, 0.2) is 57.9 Å². The Morgan fingerprint density at radius 3 is 2.30 bits per heavy atom. The minimum absolute atomic E-state index is 0.185. The van der Waals surface area contributed by atoms with E-state index in [0.29, 0.717) is 6.61 Å². The van der Waals surface area contributed by atoms with Gasteiger partial charge in [-0.15, -0.1) is 0 Å². The van der Waals surface area contributed by atoms with Crippen LogP contribution in [0.4, 0.5) is 0 Å². The highest BCUT2D eigenvalue weighted by Gasteiger charge is 2.73. The maximum Gasteiger partial charge on any atom is 0.182 e. The van der Waals surface area contributed by atoms with Crippen LogP contribution in [0.25, 0.3) is 0 Å². The predicted octanol–water partition coefficient (Wildman–Crippen LogP) is 4.01. The molecular formula is C20H22BrNO3S2. The van der Waals surface area contributed by atoms with Crippen molar-refractivity contribution in [3.05, 3.63) is 64.1 Å². The molecule has 0 aromatic heterocycles. The Kier molecular flexibility index (Phi) is 5.77. The van der Waals surface area contributed by atoms with Gasteiger partial charge >= 0.3 is 0 Å². The van der Waals surface area contributed by atoms with E-state index in [9.17, 15) is 8.42 Å². The van der Waals surface area contributed by atoms with Gasteiger partial charge in [-0.2, -0.15) is 0 Å². The fourth-order valence-corrected chi connectivity index (χ4v) is 6.72. The van der Waals surface area contributed by atoms with Crippen molar-refractivity contribution < 1.29 is 13.2 Å². The molecule has 0 radical (unpaired) electrons. The monoisotopic (exact) mass is 467 g/mol. The SMILES string of the molecule is CCOCC1(C(N)=S)C(c2ccc(Br)cc2)C1S(=O)(=O)c1ccc(C)cc1. The summed E-state index contributed by atoms with van der Waals surface area (Å²) in [5.74, 6) is -0.332. The Morgan fingerprint density at radius 2 is 1.78 bits per heavy atom. The molecule has 2 aromatic carbocycles. The van der Waals surface area contributed by atoms with E-state index in [2.05, 4.69) is 15.9 Å². The first-order chi connectivity index (χ1) is 12.7. The molecule has 1 fully saturated rings. The molecule has 0 heterocycles. The fourth-order valence-electron chi connectivity index (χ4n) is 3.69. The van der Waals surface area contributed by atoms with Gasteiger partial charge < -0.3 is 10.5 Å². The number of ether oxygens (including phenoxy) is 1. The van der Waals surface area contributed by atoms with Gasteiger partial charge in [0, 0.05) is 17.0 Å². The smallest absolute Gasteiger partial charge is 0.182 e. The Balaban J connectivity index is 2.10. The van der Waals surface area contributed by atoms with Crippen LogP contribution in [0.2, 0.25) is 0 Å². The normalized spacial score (nSPS) is 24.6. The van der Waals surface area contributed by atoms with Gasteiger partial charge in [0.2, 0.25) is 0 Å². The zero-order valence-corrected chi connectivity index (χ0v) is 18.4. The van der Waals surface area contributed by atoms with Crippen molar-refractivity contribution in [1.29, 1.82) is 0 Å². The summed E-state index contributed by atoms with van der Waals surface area (Å²) in [6.07, 6.45) is 0. The number of thiocarbonyl (C=S) groups is 1. The molecule has 0 saturated heterocycles. The number of benzene rings is 2. The van der Waals surface area contributed by atoms with Crippen LogP contribution in [0, 0.1) is 12.3 Å². The molecule has 1 saturated carbocycles. The second kappa shape index (κ2) is 7.62. The summed E-state index contributed by atoms with van der Waals surface area (Å²) in [5.41, 5.74) is 7.10. The van der Waals surface area contributed by atoms with Crippen LogP contribution < -0.4 is 5.73 Å². The van der Waals surface area contributed by atoms with Gasteiger partial charge in [-0.25, -0.2) is 8.42 Å². The summed E-state index contributed by atoms with van der Waals surface area (Å²) >= 11 is 8.77. The molecule has 3 unspecified atom stereocenters. The van der Waals surface area contributed by atoms with Gasteiger partial charge in [-0.3, -0.25) is 0 Å². The van der Waals surface area contributed by atoms with Crippen molar-refractivity contribution in [1.82, 2.24) is 0 Å². The van der Waals surface area contributed by atoms with Gasteiger partial charge in [0.25, 0.3) is 0 Å². The van der Waals surface area contributed by atoms with E-state index in [-0.39, 0.29) is 22.4 Å². The van der Waals surface area contributed by atoms with E-state index in [1.54, 1.807) is 24.3 Å². The largest absolute Gasteiger partial charge is 0.393 e. The first-order valence-electron chi connectivity index (χ1n) is 8.69. The van der Waals surface area contributed by atoms with E-state index < -0.39 is 20.5 Å². The second-order valence-electron chi connectivity index (χ2n) is 6.85. The average molecular weight is 468 g/mol. The standard InChI is InChI=1S/C20H22BrNO3S2/c1-3-25-12-20(19(22)26)17(14-6-8-15(21)9-7-14)18(20)27(23,24)16-10-4-13(2)5-11-16/h4-11,17-18H,3,12H2,1-2H3,(H2,22,26). The summed E-state index contributed by atoms with van der Waals surface area (Å²) < 4.78 is 33.5. The molecule has 1 aliphatic rings. The molecule has 2 aromatic rings. The van der Waals surface area contributed by atoms with Crippen molar-refractivity contribution in [2.24, 2.45) is 11.1 Å². The molecule has 7 heteroatoms. The summed E-state index contributed by atoms with van der Waals surface area (Å²) in [4.78, 5) is 0.472. The van der Waals surface area contributed by atoms with Crippen molar-refractivity contribution in [2.75, 3.05) is 13.2 Å². The third-order valence-corrected chi connectivity index (χ3v) is 8.37. The zero-order valence-electron chi connectivity index (χ0n) is 15.2. The van der Waals surface area contributed by atoms with E-state index in [4.69, 9.17) is 22.7 Å². The third-order valence-electron chi connectivity index (χ3n) is 5.17. The van der Waals surface area contributed by atoms with Gasteiger partial charge in [0.1, 0.15) is 0 Å². The minimum atomic E-state index is -3.63. The highest BCUT2D eigenvalue weighted by molar-refractivity contribution is 9.10. The predicted molar refractivity (Wildman–Crippen MR) is 115 cm³/mol. The Bertz CT molecular complexity index is 942. The van der Waals surface area contributed by atoms with Gasteiger partial charge in [-0.05, 0) is 43.7 Å². The van der Waals surface area contributed by atoms with Crippen LogP contribution in [-0.2, 0) is 14.6 Å². The second-order valence-corrected chi connectivity index (χ2v) is 10.3. The molecule has 0 amide bonds. The first-order valence-corrected chi connectivity index (χ1v) is 11.4. The molecule has 144 valence electrons. The summed E-state index contributed by atoms with van der Waals surface area (Å²) in [6.45, 7) is 4.45. The molecule has 27 heavy (non-hydrogen) atoms. The summed E-state index contributed by atoms with van der Waals surface area (Å²) in [6, 6.07) is 14.5. The Labute approximate surface area is 174 Å². The number of nitrogens with two attached hydrogens (primary N) is 1. The van der Waals surface area contributed by atoms with Gasteiger partial charge in [-0.1, -0.05) is 58.0 Å². The topological polar surface area (TPSA) is 69.4 Å². The Morgan fingerprint density at radius 1 is 1.19 bits per heavy atom. The maximum atomic E-state index is 13.5. The molecule has 2 N–H and O–H groups in total. The molecule has 0 bridgehead atoms. The molecule has 0 aliphatic heterocycles. The molecule has 0 spiro atoms. The van der Waals surface area contributed by atoms with E-state index in [0.717, 1.165) is 15.6 Å². The van der Waals surface area contributed by atoms with E-state index >= 15 is 0 Å². The number of hydrogen-bond acceptors (Lipinski definition) is 4. The maximum absolute atomic E-state index is 13.5. The summed E-state index contributed by atoms with van der Waals surface area (Å²) in [5, 5.41) is -0.738. The van der Waals surface area contributed by atoms with Crippen molar-refractivity contribution in [3.63, 3.8) is 0 Å². The number of hydrogen-bond donors (Lipinski definition) is 1. The number of rotatable bonds is 7. The van der Waals surface area contributed by atoms with Crippen molar-refractivity contribution >= 4 is 43.0 Å². The van der Waals surface area contributed by atoms with Crippen LogP contribution in [0.3, 0.4) is 0 Å². The van der Waals surface area contributed by atoms with Crippen LogP contribution in [0.5, 0.6) is 0 Å². The lowest BCUT2D eigenvalue weighted by Crippen LogP contribution is -2.33. The van der Waals surface area contributed by atoms with Gasteiger partial charge in [0.15, 0.2) is 9.84 Å². The number of sulfone groups is 1. The minimum Gasteiger partial charge on any atom is -0.393 e. The first kappa shape index (κ1) is 20.5. The fraction of sp³-hybridized carbons (Fsp3) is 0.350.